The van der Waals surface area contributed by atoms with Gasteiger partial charge in [-0.05, 0) is 19.1 Å². The summed E-state index contributed by atoms with van der Waals surface area (Å²) in [4.78, 5) is 18.1. The number of aromatic nitrogens is 1. The summed E-state index contributed by atoms with van der Waals surface area (Å²) in [6.45, 7) is 5.48. The number of carbonyl (C=O) groups is 1. The molecule has 1 aromatic heterocycles. The van der Waals surface area contributed by atoms with Crippen molar-refractivity contribution in [1.29, 1.82) is 0 Å². The summed E-state index contributed by atoms with van der Waals surface area (Å²) >= 11 is 0. The largest absolute Gasteiger partial charge is 0.378 e. The number of nitrogens with one attached hydrogen (secondary N) is 1. The molecule has 0 bridgehead atoms. The first-order chi connectivity index (χ1) is 9.27. The van der Waals surface area contributed by atoms with Crippen LogP contribution in [0.2, 0.25) is 0 Å². The van der Waals surface area contributed by atoms with Crippen molar-refractivity contribution in [2.45, 2.75) is 19.4 Å². The standard InChI is InChI=1S/C14H21N3O2/c1-12(13-4-2-3-6-16-13)15-7-5-14(18)17-8-10-19-11-9-17/h2-4,6,12,15H,5,7-11H2,1H3. The fourth-order valence-corrected chi connectivity index (χ4v) is 2.10. The van der Waals surface area contributed by atoms with Gasteiger partial charge in [-0.2, -0.15) is 0 Å². The Hall–Kier alpha value is -1.46. The van der Waals surface area contributed by atoms with Gasteiger partial charge in [0.25, 0.3) is 0 Å². The lowest BCUT2D eigenvalue weighted by molar-refractivity contribution is -0.135. The Kier molecular flexibility index (Phi) is 5.30. The van der Waals surface area contributed by atoms with Gasteiger partial charge in [0.2, 0.25) is 5.91 Å². The number of morpholine rings is 1. The van der Waals surface area contributed by atoms with E-state index in [1.54, 1.807) is 6.20 Å². The molecule has 0 radical (unpaired) electrons. The van der Waals surface area contributed by atoms with E-state index in [0.29, 0.717) is 39.3 Å². The normalized spacial score (nSPS) is 17.2. The molecule has 19 heavy (non-hydrogen) atoms. The van der Waals surface area contributed by atoms with E-state index in [-0.39, 0.29) is 11.9 Å². The summed E-state index contributed by atoms with van der Waals surface area (Å²) in [6, 6.07) is 6.03. The highest BCUT2D eigenvalue weighted by atomic mass is 16.5. The number of ether oxygens (including phenoxy) is 1. The number of hydrogen-bond donors (Lipinski definition) is 1. The molecule has 0 spiro atoms. The van der Waals surface area contributed by atoms with Crippen LogP contribution in [0.1, 0.15) is 25.1 Å². The third-order valence-electron chi connectivity index (χ3n) is 3.28. The highest BCUT2D eigenvalue weighted by Gasteiger charge is 2.16. The fourth-order valence-electron chi connectivity index (χ4n) is 2.10. The van der Waals surface area contributed by atoms with Crippen molar-refractivity contribution < 1.29 is 9.53 Å². The summed E-state index contributed by atoms with van der Waals surface area (Å²) in [5.41, 5.74) is 1.00. The Morgan fingerprint density at radius 1 is 1.47 bits per heavy atom. The second-order valence-corrected chi connectivity index (χ2v) is 4.67. The van der Waals surface area contributed by atoms with Crippen LogP contribution < -0.4 is 5.32 Å². The molecule has 1 saturated heterocycles. The summed E-state index contributed by atoms with van der Waals surface area (Å²) in [5, 5.41) is 3.33. The topological polar surface area (TPSA) is 54.5 Å². The SMILES string of the molecule is CC(NCCC(=O)N1CCOCC1)c1ccccn1. The van der Waals surface area contributed by atoms with Crippen LogP contribution in [0, 0.1) is 0 Å². The first-order valence-corrected chi connectivity index (χ1v) is 6.77. The van der Waals surface area contributed by atoms with Crippen molar-refractivity contribution in [3.05, 3.63) is 30.1 Å². The maximum absolute atomic E-state index is 11.9. The van der Waals surface area contributed by atoms with Gasteiger partial charge in [-0.15, -0.1) is 0 Å². The van der Waals surface area contributed by atoms with Gasteiger partial charge in [-0.1, -0.05) is 6.07 Å². The minimum absolute atomic E-state index is 0.165. The Morgan fingerprint density at radius 2 is 2.26 bits per heavy atom. The van der Waals surface area contributed by atoms with Gasteiger partial charge in [0, 0.05) is 38.3 Å². The molecule has 5 nitrogen and oxygen atoms in total. The Bertz CT molecular complexity index is 391. The number of nitrogens with zero attached hydrogens (tertiary/aromatic N) is 2. The molecular weight excluding hydrogens is 242 g/mol. The average molecular weight is 263 g/mol. The van der Waals surface area contributed by atoms with Crippen molar-refractivity contribution in [3.63, 3.8) is 0 Å². The first kappa shape index (κ1) is 14.0. The van der Waals surface area contributed by atoms with Gasteiger partial charge in [0.1, 0.15) is 0 Å². The number of rotatable bonds is 5. The van der Waals surface area contributed by atoms with Crippen molar-refractivity contribution in [1.82, 2.24) is 15.2 Å². The van der Waals surface area contributed by atoms with Crippen molar-refractivity contribution in [3.8, 4) is 0 Å². The summed E-state index contributed by atoms with van der Waals surface area (Å²) in [5.74, 6) is 0.198. The molecule has 1 N–H and O–H groups in total. The highest BCUT2D eigenvalue weighted by Crippen LogP contribution is 2.07. The summed E-state index contributed by atoms with van der Waals surface area (Å²) in [6.07, 6.45) is 2.31. The van der Waals surface area contributed by atoms with E-state index < -0.39 is 0 Å². The zero-order chi connectivity index (χ0) is 13.5. The lowest BCUT2D eigenvalue weighted by Crippen LogP contribution is -2.41. The molecule has 1 aliphatic heterocycles. The zero-order valence-electron chi connectivity index (χ0n) is 11.3. The van der Waals surface area contributed by atoms with Gasteiger partial charge >= 0.3 is 0 Å². The predicted molar refractivity (Wildman–Crippen MR) is 72.7 cm³/mol. The van der Waals surface area contributed by atoms with Gasteiger partial charge in [0.15, 0.2) is 0 Å². The maximum atomic E-state index is 11.9. The molecule has 0 aliphatic carbocycles. The van der Waals surface area contributed by atoms with E-state index in [4.69, 9.17) is 4.74 Å². The fraction of sp³-hybridized carbons (Fsp3) is 0.571. The van der Waals surface area contributed by atoms with Crippen LogP contribution in [-0.2, 0) is 9.53 Å². The van der Waals surface area contributed by atoms with Crippen LogP contribution >= 0.6 is 0 Å². The lowest BCUT2D eigenvalue weighted by atomic mass is 10.2. The van der Waals surface area contributed by atoms with Crippen LogP contribution in [0.3, 0.4) is 0 Å². The van der Waals surface area contributed by atoms with E-state index in [2.05, 4.69) is 17.2 Å². The molecule has 1 aliphatic rings. The quantitative estimate of drug-likeness (QED) is 0.860. The molecule has 1 amide bonds. The van der Waals surface area contributed by atoms with Gasteiger partial charge in [-0.3, -0.25) is 9.78 Å². The maximum Gasteiger partial charge on any atom is 0.224 e. The highest BCUT2D eigenvalue weighted by molar-refractivity contribution is 5.76. The van der Waals surface area contributed by atoms with Gasteiger partial charge in [-0.25, -0.2) is 0 Å². The van der Waals surface area contributed by atoms with Crippen LogP contribution in [0.15, 0.2) is 24.4 Å². The number of pyridine rings is 1. The Morgan fingerprint density at radius 3 is 2.95 bits per heavy atom. The average Bonchev–Trinajstić information content (AvgIpc) is 2.49. The third-order valence-corrected chi connectivity index (χ3v) is 3.28. The molecule has 0 saturated carbocycles. The van der Waals surface area contributed by atoms with Crippen molar-refractivity contribution in [2.75, 3.05) is 32.8 Å². The minimum Gasteiger partial charge on any atom is -0.378 e. The van der Waals surface area contributed by atoms with E-state index in [9.17, 15) is 4.79 Å². The number of carbonyl (C=O) groups excluding carboxylic acids is 1. The molecule has 1 fully saturated rings. The molecule has 5 heteroatoms. The molecule has 2 heterocycles. The lowest BCUT2D eigenvalue weighted by Gasteiger charge is -2.27. The molecular formula is C14H21N3O2. The Balaban J connectivity index is 1.69. The van der Waals surface area contributed by atoms with Crippen molar-refractivity contribution in [2.24, 2.45) is 0 Å². The van der Waals surface area contributed by atoms with Crippen LogP contribution in [0.25, 0.3) is 0 Å². The van der Waals surface area contributed by atoms with Crippen LogP contribution in [0.4, 0.5) is 0 Å². The van der Waals surface area contributed by atoms with Gasteiger partial charge in [0.05, 0.1) is 18.9 Å². The number of hydrogen-bond acceptors (Lipinski definition) is 4. The van der Waals surface area contributed by atoms with Gasteiger partial charge < -0.3 is 15.0 Å². The van der Waals surface area contributed by atoms with E-state index >= 15 is 0 Å². The zero-order valence-corrected chi connectivity index (χ0v) is 11.3. The van der Waals surface area contributed by atoms with E-state index in [1.165, 1.54) is 0 Å². The molecule has 2 rings (SSSR count). The van der Waals surface area contributed by atoms with E-state index in [1.807, 2.05) is 23.1 Å². The smallest absolute Gasteiger partial charge is 0.224 e. The molecule has 1 aromatic rings. The number of amides is 1. The van der Waals surface area contributed by atoms with Crippen LogP contribution in [-0.4, -0.2) is 48.6 Å². The summed E-state index contributed by atoms with van der Waals surface area (Å²) < 4.78 is 5.23. The molecule has 0 aromatic carbocycles. The molecule has 104 valence electrons. The second kappa shape index (κ2) is 7.21. The van der Waals surface area contributed by atoms with Crippen molar-refractivity contribution >= 4 is 5.91 Å². The van der Waals surface area contributed by atoms with E-state index in [0.717, 1.165) is 5.69 Å². The molecule has 1 atom stereocenters. The molecule has 1 unspecified atom stereocenters. The minimum atomic E-state index is 0.165. The predicted octanol–water partition coefficient (Wildman–Crippen LogP) is 0.981. The summed E-state index contributed by atoms with van der Waals surface area (Å²) in [7, 11) is 0. The second-order valence-electron chi connectivity index (χ2n) is 4.67. The van der Waals surface area contributed by atoms with Crippen LogP contribution in [0.5, 0.6) is 0 Å². The third kappa shape index (κ3) is 4.29. The Labute approximate surface area is 114 Å². The monoisotopic (exact) mass is 263 g/mol. The first-order valence-electron chi connectivity index (χ1n) is 6.77.